The van der Waals surface area contributed by atoms with E-state index in [9.17, 15) is 10.1 Å². The molecule has 2 aromatic carbocycles. The number of aliphatic imine (C=N–C) groups is 1. The van der Waals surface area contributed by atoms with Crippen LogP contribution in [0, 0.1) is 17.0 Å². The van der Waals surface area contributed by atoms with Crippen LogP contribution in [-0.4, -0.2) is 17.9 Å². The lowest BCUT2D eigenvalue weighted by molar-refractivity contribution is -0.384. The molecule has 0 saturated heterocycles. The van der Waals surface area contributed by atoms with Gasteiger partial charge in [0.15, 0.2) is 5.96 Å². The molecular weight excluding hydrogens is 292 g/mol. The summed E-state index contributed by atoms with van der Waals surface area (Å²) in [5.41, 5.74) is 3.34. The van der Waals surface area contributed by atoms with Crippen LogP contribution in [0.4, 0.5) is 5.69 Å². The monoisotopic (exact) mass is 312 g/mol. The molecule has 0 bridgehead atoms. The van der Waals surface area contributed by atoms with E-state index >= 15 is 0 Å². The molecule has 23 heavy (non-hydrogen) atoms. The number of hydrogen-bond acceptors (Lipinski definition) is 3. The fourth-order valence-electron chi connectivity index (χ4n) is 2.17. The number of nitrogens with zero attached hydrogens (tertiary/aromatic N) is 2. The standard InChI is InChI=1S/C17H20N4O2/c1-13-6-3-4-8-15(13)12-20-17(18-2)19-11-14-7-5-9-16(10-14)21(22)23/h3-10H,11-12H2,1-2H3,(H2,18,19,20). The number of nitro benzene ring substituents is 1. The Morgan fingerprint density at radius 1 is 1.13 bits per heavy atom. The van der Waals surface area contributed by atoms with Gasteiger partial charge in [-0.1, -0.05) is 36.4 Å². The third-order valence-corrected chi connectivity index (χ3v) is 3.51. The van der Waals surface area contributed by atoms with Crippen LogP contribution in [0.2, 0.25) is 0 Å². The predicted octanol–water partition coefficient (Wildman–Crippen LogP) is 2.77. The normalized spacial score (nSPS) is 11.1. The van der Waals surface area contributed by atoms with Gasteiger partial charge in [-0.3, -0.25) is 15.1 Å². The number of hydrogen-bond donors (Lipinski definition) is 2. The zero-order valence-corrected chi connectivity index (χ0v) is 13.2. The van der Waals surface area contributed by atoms with Crippen molar-refractivity contribution in [3.63, 3.8) is 0 Å². The zero-order valence-electron chi connectivity index (χ0n) is 13.2. The second-order valence-electron chi connectivity index (χ2n) is 5.13. The second-order valence-corrected chi connectivity index (χ2v) is 5.13. The summed E-state index contributed by atoms with van der Waals surface area (Å²) in [4.78, 5) is 14.6. The van der Waals surface area contributed by atoms with Crippen molar-refractivity contribution in [1.29, 1.82) is 0 Å². The van der Waals surface area contributed by atoms with Crippen LogP contribution < -0.4 is 10.6 Å². The highest BCUT2D eigenvalue weighted by Crippen LogP contribution is 2.12. The molecule has 0 aromatic heterocycles. The van der Waals surface area contributed by atoms with Gasteiger partial charge in [-0.25, -0.2) is 0 Å². The summed E-state index contributed by atoms with van der Waals surface area (Å²) >= 11 is 0. The Morgan fingerprint density at radius 3 is 2.57 bits per heavy atom. The Morgan fingerprint density at radius 2 is 1.87 bits per heavy atom. The van der Waals surface area contributed by atoms with Crippen molar-refractivity contribution >= 4 is 11.6 Å². The molecule has 0 spiro atoms. The van der Waals surface area contributed by atoms with Crippen molar-refractivity contribution in [2.45, 2.75) is 20.0 Å². The summed E-state index contributed by atoms with van der Waals surface area (Å²) in [7, 11) is 1.70. The first-order valence-corrected chi connectivity index (χ1v) is 7.32. The van der Waals surface area contributed by atoms with Crippen molar-refractivity contribution in [3.05, 3.63) is 75.3 Å². The molecule has 0 aliphatic heterocycles. The van der Waals surface area contributed by atoms with Gasteiger partial charge in [-0.2, -0.15) is 0 Å². The quantitative estimate of drug-likeness (QED) is 0.385. The summed E-state index contributed by atoms with van der Waals surface area (Å²) in [6.45, 7) is 3.20. The molecule has 120 valence electrons. The Kier molecular flexibility index (Phi) is 5.68. The van der Waals surface area contributed by atoms with E-state index in [0.717, 1.165) is 5.56 Å². The number of nitro groups is 1. The third kappa shape index (κ3) is 4.81. The van der Waals surface area contributed by atoms with E-state index in [-0.39, 0.29) is 5.69 Å². The van der Waals surface area contributed by atoms with Gasteiger partial charge in [0.1, 0.15) is 0 Å². The summed E-state index contributed by atoms with van der Waals surface area (Å²) in [6, 6.07) is 14.7. The number of non-ortho nitro benzene ring substituents is 1. The van der Waals surface area contributed by atoms with Crippen LogP contribution in [-0.2, 0) is 13.1 Å². The van der Waals surface area contributed by atoms with Gasteiger partial charge < -0.3 is 10.6 Å². The molecule has 0 aliphatic rings. The van der Waals surface area contributed by atoms with Gasteiger partial charge in [0, 0.05) is 32.3 Å². The third-order valence-electron chi connectivity index (χ3n) is 3.51. The molecule has 0 amide bonds. The summed E-state index contributed by atoms with van der Waals surface area (Å²) in [5.74, 6) is 0.653. The maximum absolute atomic E-state index is 10.8. The minimum absolute atomic E-state index is 0.0900. The highest BCUT2D eigenvalue weighted by Gasteiger charge is 2.06. The van der Waals surface area contributed by atoms with E-state index in [1.807, 2.05) is 18.2 Å². The maximum Gasteiger partial charge on any atom is 0.269 e. The molecule has 0 aliphatic carbocycles. The van der Waals surface area contributed by atoms with E-state index in [2.05, 4.69) is 34.7 Å². The first-order chi connectivity index (χ1) is 11.1. The van der Waals surface area contributed by atoms with E-state index in [1.54, 1.807) is 19.2 Å². The lowest BCUT2D eigenvalue weighted by Crippen LogP contribution is -2.36. The van der Waals surface area contributed by atoms with Crippen molar-refractivity contribution in [2.24, 2.45) is 4.99 Å². The SMILES string of the molecule is CN=C(NCc1cccc([N+](=O)[O-])c1)NCc1ccccc1C. The van der Waals surface area contributed by atoms with Crippen molar-refractivity contribution in [3.8, 4) is 0 Å². The van der Waals surface area contributed by atoms with Crippen molar-refractivity contribution in [2.75, 3.05) is 7.05 Å². The van der Waals surface area contributed by atoms with Crippen molar-refractivity contribution in [1.82, 2.24) is 10.6 Å². The fourth-order valence-corrected chi connectivity index (χ4v) is 2.17. The molecule has 6 nitrogen and oxygen atoms in total. The Bertz CT molecular complexity index is 713. The van der Waals surface area contributed by atoms with Crippen LogP contribution in [0.1, 0.15) is 16.7 Å². The van der Waals surface area contributed by atoms with Crippen LogP contribution in [0.5, 0.6) is 0 Å². The van der Waals surface area contributed by atoms with Crippen LogP contribution in [0.25, 0.3) is 0 Å². The molecule has 6 heteroatoms. The fraction of sp³-hybridized carbons (Fsp3) is 0.235. The Hall–Kier alpha value is -2.89. The molecule has 0 saturated carbocycles. The predicted molar refractivity (Wildman–Crippen MR) is 91.3 cm³/mol. The molecule has 2 N–H and O–H groups in total. The van der Waals surface area contributed by atoms with Gasteiger partial charge in [-0.15, -0.1) is 0 Å². The van der Waals surface area contributed by atoms with Crippen LogP contribution in [0.3, 0.4) is 0 Å². The average Bonchev–Trinajstić information content (AvgIpc) is 2.56. The lowest BCUT2D eigenvalue weighted by atomic mass is 10.1. The minimum Gasteiger partial charge on any atom is -0.352 e. The minimum atomic E-state index is -0.394. The van der Waals surface area contributed by atoms with Gasteiger partial charge in [-0.05, 0) is 23.6 Å². The number of guanidine groups is 1. The molecule has 0 heterocycles. The number of rotatable bonds is 5. The van der Waals surface area contributed by atoms with Gasteiger partial charge in [0.25, 0.3) is 5.69 Å². The molecule has 2 rings (SSSR count). The molecule has 0 fully saturated rings. The van der Waals surface area contributed by atoms with E-state index in [1.165, 1.54) is 17.2 Å². The lowest BCUT2D eigenvalue weighted by Gasteiger charge is -2.13. The number of benzene rings is 2. The summed E-state index contributed by atoms with van der Waals surface area (Å²) < 4.78 is 0. The Balaban J connectivity index is 1.92. The van der Waals surface area contributed by atoms with Crippen molar-refractivity contribution < 1.29 is 4.92 Å². The average molecular weight is 312 g/mol. The van der Waals surface area contributed by atoms with E-state index in [0.29, 0.717) is 19.0 Å². The van der Waals surface area contributed by atoms with Crippen LogP contribution in [0.15, 0.2) is 53.5 Å². The van der Waals surface area contributed by atoms with Gasteiger partial charge in [0.05, 0.1) is 4.92 Å². The smallest absolute Gasteiger partial charge is 0.269 e. The molecule has 0 atom stereocenters. The Labute approximate surface area is 135 Å². The van der Waals surface area contributed by atoms with Gasteiger partial charge >= 0.3 is 0 Å². The largest absolute Gasteiger partial charge is 0.352 e. The molecule has 0 unspecified atom stereocenters. The first-order valence-electron chi connectivity index (χ1n) is 7.32. The van der Waals surface area contributed by atoms with Crippen LogP contribution >= 0.6 is 0 Å². The highest BCUT2D eigenvalue weighted by molar-refractivity contribution is 5.79. The molecular formula is C17H20N4O2. The summed E-state index contributed by atoms with van der Waals surface area (Å²) in [6.07, 6.45) is 0. The number of aryl methyl sites for hydroxylation is 1. The number of nitrogens with one attached hydrogen (secondary N) is 2. The zero-order chi connectivity index (χ0) is 16.7. The molecule has 2 aromatic rings. The maximum atomic E-state index is 10.8. The summed E-state index contributed by atoms with van der Waals surface area (Å²) in [5, 5.41) is 17.2. The second kappa shape index (κ2) is 7.93. The first kappa shape index (κ1) is 16.5. The van der Waals surface area contributed by atoms with E-state index < -0.39 is 4.92 Å². The molecule has 0 radical (unpaired) electrons. The topological polar surface area (TPSA) is 79.6 Å². The van der Waals surface area contributed by atoms with E-state index in [4.69, 9.17) is 0 Å². The van der Waals surface area contributed by atoms with Gasteiger partial charge in [0.2, 0.25) is 0 Å². The highest BCUT2D eigenvalue weighted by atomic mass is 16.6.